The molecule has 280 valence electrons. The molecule has 5 rings (SSSR count). The summed E-state index contributed by atoms with van der Waals surface area (Å²) in [6.45, 7) is 18.4. The third kappa shape index (κ3) is 6.02. The Morgan fingerprint density at radius 3 is 2.20 bits per heavy atom. The standard InChI is InChI=1S/C39H64O10/c1-21(2)38(9,49-23(4)41)18-12-22(3)24-14-19-39(34(45)46)26-10-11-28-35(5,6)29(15-16-36(28,7)25(26)13-17-37(24,39)8)48-33-32(44)31(43)30(42)27(20-40)47-33/h21-22,24,27-33,40,42-44H,10-20H2,1-9H3,(H,45,46)/t22-,24-,27-,28+,29+,30+,31+,32-,33+,36-,37-,38+,39+/m1/s1. The van der Waals surface area contributed by atoms with Gasteiger partial charge in [0.05, 0.1) is 18.1 Å². The summed E-state index contributed by atoms with van der Waals surface area (Å²) in [5.41, 5.74) is 0.0867. The SMILES string of the molecule is CC(=O)O[C@@](C)(CC[C@@H](C)[C@H]1CC[C@@]2(C(=O)O)C3=C(CC[C@]12C)[C@@]1(C)CC[C@H](O[C@@H]2O[C@H](CO)[C@H](O)[C@H](O)[C@H]2O)C(C)(C)[C@@H]1CC3)C(C)C. The molecule has 0 aromatic carbocycles. The minimum absolute atomic E-state index is 0.168. The molecule has 0 unspecified atom stereocenters. The average molecular weight is 693 g/mol. The van der Waals surface area contributed by atoms with E-state index in [-0.39, 0.29) is 52.0 Å². The molecule has 0 aromatic rings. The predicted molar refractivity (Wildman–Crippen MR) is 183 cm³/mol. The molecule has 3 fully saturated rings. The summed E-state index contributed by atoms with van der Waals surface area (Å²) in [6, 6.07) is 0. The van der Waals surface area contributed by atoms with E-state index in [0.29, 0.717) is 12.8 Å². The van der Waals surface area contributed by atoms with Crippen molar-refractivity contribution in [3.63, 3.8) is 0 Å². The van der Waals surface area contributed by atoms with Gasteiger partial charge in [-0.2, -0.15) is 0 Å². The summed E-state index contributed by atoms with van der Waals surface area (Å²) in [5, 5.41) is 52.3. The highest BCUT2D eigenvalue weighted by Crippen LogP contribution is 2.73. The molecule has 0 bridgehead atoms. The number of carbonyl (C=O) groups excluding carboxylic acids is 1. The van der Waals surface area contributed by atoms with Crippen LogP contribution in [-0.2, 0) is 23.8 Å². The number of hydrogen-bond donors (Lipinski definition) is 5. The van der Waals surface area contributed by atoms with E-state index >= 15 is 0 Å². The Balaban J connectivity index is 1.40. The van der Waals surface area contributed by atoms with Gasteiger partial charge in [0.25, 0.3) is 0 Å². The molecule has 49 heavy (non-hydrogen) atoms. The Kier molecular flexibility index (Phi) is 10.6. The van der Waals surface area contributed by atoms with Gasteiger partial charge in [0.2, 0.25) is 0 Å². The Labute approximate surface area is 293 Å². The van der Waals surface area contributed by atoms with E-state index < -0.39 is 54.3 Å². The van der Waals surface area contributed by atoms with E-state index in [1.807, 2.05) is 6.92 Å². The Morgan fingerprint density at radius 1 is 0.939 bits per heavy atom. The average Bonchev–Trinajstić information content (AvgIpc) is 3.35. The lowest BCUT2D eigenvalue weighted by atomic mass is 9.43. The van der Waals surface area contributed by atoms with Crippen LogP contribution in [0.3, 0.4) is 0 Å². The van der Waals surface area contributed by atoms with Gasteiger partial charge in [-0.05, 0) is 111 Å². The molecule has 5 N–H and O–H groups in total. The fraction of sp³-hybridized carbons (Fsp3) is 0.897. The lowest BCUT2D eigenvalue weighted by Gasteiger charge is -2.62. The first-order chi connectivity index (χ1) is 22.7. The number of esters is 1. The van der Waals surface area contributed by atoms with Gasteiger partial charge in [0, 0.05) is 6.92 Å². The molecule has 1 heterocycles. The van der Waals surface area contributed by atoms with E-state index in [9.17, 15) is 35.1 Å². The number of carboxylic acids is 1. The van der Waals surface area contributed by atoms with E-state index in [1.54, 1.807) is 0 Å². The Morgan fingerprint density at radius 2 is 1.61 bits per heavy atom. The molecular formula is C39H64O10. The van der Waals surface area contributed by atoms with E-state index in [0.717, 1.165) is 51.4 Å². The number of carbonyl (C=O) groups is 2. The van der Waals surface area contributed by atoms with Crippen molar-refractivity contribution < 1.29 is 49.3 Å². The van der Waals surface area contributed by atoms with Gasteiger partial charge < -0.3 is 39.7 Å². The van der Waals surface area contributed by atoms with Crippen molar-refractivity contribution in [1.82, 2.24) is 0 Å². The number of fused-ring (bicyclic) bond motifs is 4. The third-order valence-electron chi connectivity index (χ3n) is 15.1. The Bertz CT molecular complexity index is 1290. The number of rotatable bonds is 10. The third-order valence-corrected chi connectivity index (χ3v) is 15.1. The summed E-state index contributed by atoms with van der Waals surface area (Å²) in [7, 11) is 0. The van der Waals surface area contributed by atoms with Crippen molar-refractivity contribution in [3.8, 4) is 0 Å². The van der Waals surface area contributed by atoms with Crippen LogP contribution in [0.2, 0.25) is 0 Å². The molecule has 1 saturated heterocycles. The molecule has 4 aliphatic carbocycles. The van der Waals surface area contributed by atoms with Gasteiger partial charge in [-0.1, -0.05) is 59.6 Å². The van der Waals surface area contributed by atoms with Crippen LogP contribution in [0.1, 0.15) is 127 Å². The van der Waals surface area contributed by atoms with E-state index in [4.69, 9.17) is 14.2 Å². The zero-order valence-electron chi connectivity index (χ0n) is 31.3. The van der Waals surface area contributed by atoms with Crippen molar-refractivity contribution in [2.75, 3.05) is 6.61 Å². The summed E-state index contributed by atoms with van der Waals surface area (Å²) in [5.74, 6) is -0.0661. The monoisotopic (exact) mass is 692 g/mol. The highest BCUT2D eigenvalue weighted by atomic mass is 16.7. The number of aliphatic carboxylic acids is 1. The smallest absolute Gasteiger partial charge is 0.314 e. The van der Waals surface area contributed by atoms with Crippen molar-refractivity contribution in [3.05, 3.63) is 11.1 Å². The fourth-order valence-electron chi connectivity index (χ4n) is 11.8. The topological polar surface area (TPSA) is 163 Å². The first-order valence-corrected chi connectivity index (χ1v) is 18.8. The van der Waals surface area contributed by atoms with Crippen molar-refractivity contribution in [2.45, 2.75) is 169 Å². The van der Waals surface area contributed by atoms with Gasteiger partial charge in [0.15, 0.2) is 6.29 Å². The number of aliphatic hydroxyl groups excluding tert-OH is 4. The van der Waals surface area contributed by atoms with Gasteiger partial charge in [0.1, 0.15) is 30.0 Å². The number of aliphatic hydroxyl groups is 4. The first-order valence-electron chi connectivity index (χ1n) is 18.8. The molecule has 0 radical (unpaired) electrons. The van der Waals surface area contributed by atoms with Gasteiger partial charge in [-0.3, -0.25) is 9.59 Å². The summed E-state index contributed by atoms with van der Waals surface area (Å²) in [6.07, 6.45) is 0.949. The molecular weight excluding hydrogens is 628 g/mol. The van der Waals surface area contributed by atoms with Crippen LogP contribution >= 0.6 is 0 Å². The lowest BCUT2D eigenvalue weighted by molar-refractivity contribution is -0.325. The quantitative estimate of drug-likeness (QED) is 0.148. The highest BCUT2D eigenvalue weighted by molar-refractivity contribution is 5.82. The minimum atomic E-state index is -1.49. The number of hydrogen-bond acceptors (Lipinski definition) is 9. The molecule has 0 amide bonds. The van der Waals surface area contributed by atoms with Gasteiger partial charge >= 0.3 is 11.9 Å². The molecule has 2 saturated carbocycles. The van der Waals surface area contributed by atoms with E-state index in [2.05, 4.69) is 48.5 Å². The summed E-state index contributed by atoms with van der Waals surface area (Å²) >= 11 is 0. The van der Waals surface area contributed by atoms with Crippen molar-refractivity contribution >= 4 is 11.9 Å². The number of ether oxygens (including phenoxy) is 3. The minimum Gasteiger partial charge on any atom is -0.481 e. The summed E-state index contributed by atoms with van der Waals surface area (Å²) < 4.78 is 18.0. The molecule has 0 spiro atoms. The Hall–Kier alpha value is -1.56. The number of allylic oxidation sites excluding steroid dienone is 1. The molecule has 13 atom stereocenters. The van der Waals surface area contributed by atoms with Gasteiger partial charge in [-0.25, -0.2) is 0 Å². The fourth-order valence-corrected chi connectivity index (χ4v) is 11.8. The number of carboxylic acid groups (broad SMARTS) is 1. The van der Waals surface area contributed by atoms with Crippen LogP contribution in [0.5, 0.6) is 0 Å². The van der Waals surface area contributed by atoms with Crippen LogP contribution < -0.4 is 0 Å². The normalized spacial score (nSPS) is 43.6. The predicted octanol–water partition coefficient (Wildman–Crippen LogP) is 5.38. The second kappa shape index (κ2) is 13.4. The second-order valence-electron chi connectivity index (χ2n) is 18.0. The highest BCUT2D eigenvalue weighted by Gasteiger charge is 2.68. The largest absolute Gasteiger partial charge is 0.481 e. The maximum atomic E-state index is 13.7. The second-order valence-corrected chi connectivity index (χ2v) is 18.0. The first kappa shape index (κ1) is 38.7. The van der Waals surface area contributed by atoms with Crippen LogP contribution in [-0.4, -0.2) is 86.5 Å². The maximum absolute atomic E-state index is 13.7. The van der Waals surface area contributed by atoms with Crippen molar-refractivity contribution in [2.24, 2.45) is 45.3 Å². The molecule has 1 aliphatic heterocycles. The lowest BCUT2D eigenvalue weighted by Crippen LogP contribution is -2.62. The van der Waals surface area contributed by atoms with Crippen LogP contribution in [0.4, 0.5) is 0 Å². The molecule has 10 nitrogen and oxygen atoms in total. The van der Waals surface area contributed by atoms with Crippen LogP contribution in [0, 0.1) is 45.3 Å². The van der Waals surface area contributed by atoms with Crippen LogP contribution in [0.25, 0.3) is 0 Å². The van der Waals surface area contributed by atoms with Gasteiger partial charge in [-0.15, -0.1) is 0 Å². The van der Waals surface area contributed by atoms with Crippen LogP contribution in [0.15, 0.2) is 11.1 Å². The molecule has 5 aliphatic rings. The zero-order valence-corrected chi connectivity index (χ0v) is 31.3. The van der Waals surface area contributed by atoms with E-state index in [1.165, 1.54) is 18.1 Å². The molecule has 10 heteroatoms. The molecule has 0 aromatic heterocycles. The summed E-state index contributed by atoms with van der Waals surface area (Å²) in [4.78, 5) is 25.7. The van der Waals surface area contributed by atoms with Crippen molar-refractivity contribution in [1.29, 1.82) is 0 Å². The zero-order chi connectivity index (χ0) is 36.5. The maximum Gasteiger partial charge on any atom is 0.314 e.